The number of rotatable bonds is 10. The molecule has 0 aromatic carbocycles. The summed E-state index contributed by atoms with van der Waals surface area (Å²) >= 11 is 0. The lowest BCUT2D eigenvalue weighted by molar-refractivity contribution is -0.180. The maximum Gasteiger partial charge on any atom is 0.325 e. The quantitative estimate of drug-likeness (QED) is 0.191. The van der Waals surface area contributed by atoms with Gasteiger partial charge in [-0.1, -0.05) is 12.2 Å². The molecule has 0 aromatic heterocycles. The number of nitrogens with one attached hydrogen (secondary N) is 2. The molecule has 8 unspecified atom stereocenters. The molecule has 40 heavy (non-hydrogen) atoms. The third kappa shape index (κ3) is 4.97. The van der Waals surface area contributed by atoms with Crippen LogP contribution in [0.1, 0.15) is 13.8 Å². The highest BCUT2D eigenvalue weighted by Gasteiger charge is 2.70. The number of ether oxygens (including phenoxy) is 4. The van der Waals surface area contributed by atoms with Crippen LogP contribution in [0.5, 0.6) is 0 Å². The van der Waals surface area contributed by atoms with Crippen molar-refractivity contribution in [3.63, 3.8) is 0 Å². The van der Waals surface area contributed by atoms with Crippen LogP contribution >= 0.6 is 0 Å². The average molecular weight is 561 g/mol. The Morgan fingerprint density at radius 2 is 1.07 bits per heavy atom. The lowest BCUT2D eigenvalue weighted by atomic mass is 9.38. The van der Waals surface area contributed by atoms with Crippen LogP contribution in [0, 0.1) is 47.3 Å². The van der Waals surface area contributed by atoms with Gasteiger partial charge in [0.25, 0.3) is 11.8 Å². The number of hydrogen-bond acceptors (Lipinski definition) is 12. The Balaban J connectivity index is 1.68. The van der Waals surface area contributed by atoms with Crippen molar-refractivity contribution in [3.05, 3.63) is 12.2 Å². The van der Waals surface area contributed by atoms with Gasteiger partial charge in [0.15, 0.2) is 0 Å². The summed E-state index contributed by atoms with van der Waals surface area (Å²) in [6.45, 7) is 2.77. The summed E-state index contributed by atoms with van der Waals surface area (Å²) in [5, 5.41) is 13.1. The molecule has 0 radical (unpaired) electrons. The van der Waals surface area contributed by atoms with Crippen LogP contribution in [0.15, 0.2) is 22.4 Å². The van der Waals surface area contributed by atoms with E-state index < -0.39 is 84.3 Å². The molecule has 2 amide bonds. The topological polar surface area (TPSA) is 188 Å². The minimum absolute atomic E-state index is 0.00308. The summed E-state index contributed by atoms with van der Waals surface area (Å²) in [6, 6.07) is 0. The predicted octanol–water partition coefficient (Wildman–Crippen LogP) is -0.972. The smallest absolute Gasteiger partial charge is 0.325 e. The first kappa shape index (κ1) is 28.9. The molecular weight excluding hydrogens is 528 g/mol. The van der Waals surface area contributed by atoms with Gasteiger partial charge in [-0.15, -0.1) is 10.2 Å². The summed E-state index contributed by atoms with van der Waals surface area (Å²) < 4.78 is 19.8. The Bertz CT molecular complexity index is 1100. The van der Waals surface area contributed by atoms with Gasteiger partial charge in [-0.05, 0) is 37.5 Å². The Kier molecular flexibility index (Phi) is 8.64. The fraction of sp³-hybridized carbons (Fsp3) is 0.615. The van der Waals surface area contributed by atoms with Crippen molar-refractivity contribution < 1.29 is 47.7 Å². The van der Waals surface area contributed by atoms with E-state index in [-0.39, 0.29) is 36.5 Å². The summed E-state index contributed by atoms with van der Waals surface area (Å²) in [7, 11) is 2.47. The first-order valence-corrected chi connectivity index (χ1v) is 13.1. The van der Waals surface area contributed by atoms with Gasteiger partial charge in [0.2, 0.25) is 0 Å². The molecule has 1 aliphatic heterocycles. The van der Waals surface area contributed by atoms with Crippen molar-refractivity contribution in [2.45, 2.75) is 13.8 Å². The number of nitrogens with zero attached hydrogens (tertiary/aromatic N) is 2. The first-order valence-electron chi connectivity index (χ1n) is 13.1. The Morgan fingerprint density at radius 1 is 0.700 bits per heavy atom. The van der Waals surface area contributed by atoms with Crippen molar-refractivity contribution >= 4 is 47.1 Å². The lowest BCUT2D eigenvalue weighted by Crippen LogP contribution is -2.70. The monoisotopic (exact) mass is 560 g/mol. The van der Waals surface area contributed by atoms with Crippen molar-refractivity contribution in [1.82, 2.24) is 10.6 Å². The number of amides is 2. The Labute approximate surface area is 229 Å². The average Bonchev–Trinajstić information content (AvgIpc) is 2.94. The summed E-state index contributed by atoms with van der Waals surface area (Å²) in [6.07, 6.45) is 3.67. The molecule has 4 aliphatic carbocycles. The molecule has 2 saturated carbocycles. The number of methoxy groups -OCH3 is 2. The van der Waals surface area contributed by atoms with E-state index in [0.717, 1.165) is 0 Å². The number of hydrogen-bond donors (Lipinski definition) is 2. The highest BCUT2D eigenvalue weighted by Crippen LogP contribution is 2.66. The predicted molar refractivity (Wildman–Crippen MR) is 135 cm³/mol. The zero-order valence-corrected chi connectivity index (χ0v) is 22.6. The fourth-order valence-electron chi connectivity index (χ4n) is 6.64. The van der Waals surface area contributed by atoms with Gasteiger partial charge >= 0.3 is 23.9 Å². The van der Waals surface area contributed by atoms with E-state index in [2.05, 4.69) is 20.8 Å². The van der Waals surface area contributed by atoms with Crippen LogP contribution in [0.2, 0.25) is 0 Å². The first-order chi connectivity index (χ1) is 19.2. The SMILES string of the molecule is CCOC(=O)CNC(=O)C1=NN=C(C(=O)NCC(=O)OCC)C2C1C1C3C=CC(C(C(=O)OC)C3C(=O)OC)C21. The van der Waals surface area contributed by atoms with Crippen LogP contribution < -0.4 is 10.6 Å². The second kappa shape index (κ2) is 12.0. The molecule has 0 spiro atoms. The second-order valence-corrected chi connectivity index (χ2v) is 9.79. The van der Waals surface area contributed by atoms with E-state index in [1.807, 2.05) is 12.2 Å². The van der Waals surface area contributed by atoms with Crippen LogP contribution in [0.3, 0.4) is 0 Å². The highest BCUT2D eigenvalue weighted by molar-refractivity contribution is 6.46. The van der Waals surface area contributed by atoms with Crippen LogP contribution in [-0.2, 0) is 47.7 Å². The molecule has 8 atom stereocenters. The molecule has 0 saturated heterocycles. The molecule has 2 N–H and O–H groups in total. The summed E-state index contributed by atoms with van der Waals surface area (Å²) in [4.78, 5) is 75.8. The largest absolute Gasteiger partial charge is 0.469 e. The van der Waals surface area contributed by atoms with E-state index in [4.69, 9.17) is 18.9 Å². The Morgan fingerprint density at radius 3 is 1.40 bits per heavy atom. The molecule has 5 aliphatic rings. The van der Waals surface area contributed by atoms with Crippen molar-refractivity contribution in [2.24, 2.45) is 57.5 Å². The molecule has 14 heteroatoms. The van der Waals surface area contributed by atoms with E-state index in [9.17, 15) is 28.8 Å². The van der Waals surface area contributed by atoms with E-state index in [0.29, 0.717) is 0 Å². The van der Waals surface area contributed by atoms with Crippen LogP contribution in [0.25, 0.3) is 0 Å². The molecule has 2 bridgehead atoms. The second-order valence-electron chi connectivity index (χ2n) is 9.79. The molecular formula is C26H32N4O10. The summed E-state index contributed by atoms with van der Waals surface area (Å²) in [5.74, 6) is -8.56. The van der Waals surface area contributed by atoms with E-state index in [1.54, 1.807) is 13.8 Å². The fourth-order valence-corrected chi connectivity index (χ4v) is 6.64. The van der Waals surface area contributed by atoms with Gasteiger partial charge in [-0.2, -0.15) is 0 Å². The van der Waals surface area contributed by atoms with Gasteiger partial charge in [0, 0.05) is 11.8 Å². The van der Waals surface area contributed by atoms with Gasteiger partial charge < -0.3 is 29.6 Å². The molecule has 0 aromatic rings. The number of allylic oxidation sites excluding steroid dienone is 2. The van der Waals surface area contributed by atoms with Crippen molar-refractivity contribution in [2.75, 3.05) is 40.5 Å². The van der Waals surface area contributed by atoms with Gasteiger partial charge in [0.05, 0.1) is 39.3 Å². The zero-order chi connectivity index (χ0) is 29.1. The maximum absolute atomic E-state index is 13.2. The maximum atomic E-state index is 13.2. The highest BCUT2D eigenvalue weighted by atomic mass is 16.5. The third-order valence-electron chi connectivity index (χ3n) is 8.03. The van der Waals surface area contributed by atoms with E-state index >= 15 is 0 Å². The minimum Gasteiger partial charge on any atom is -0.469 e. The van der Waals surface area contributed by atoms with Crippen molar-refractivity contribution in [3.8, 4) is 0 Å². The van der Waals surface area contributed by atoms with E-state index in [1.165, 1.54) is 14.2 Å². The van der Waals surface area contributed by atoms with Gasteiger partial charge in [-0.3, -0.25) is 28.8 Å². The van der Waals surface area contributed by atoms with Gasteiger partial charge in [0.1, 0.15) is 24.5 Å². The number of fused-ring (bicyclic) bond motifs is 2. The molecule has 5 rings (SSSR count). The molecule has 2 fully saturated rings. The number of carbonyl (C=O) groups is 6. The van der Waals surface area contributed by atoms with Crippen LogP contribution in [0.4, 0.5) is 0 Å². The zero-order valence-electron chi connectivity index (χ0n) is 22.6. The Hall–Kier alpha value is -4.10. The third-order valence-corrected chi connectivity index (χ3v) is 8.03. The minimum atomic E-state index is -0.863. The number of carbonyl (C=O) groups excluding carboxylic acids is 6. The molecule has 1 heterocycles. The summed E-state index contributed by atoms with van der Waals surface area (Å²) in [5.41, 5.74) is -0.00616. The normalized spacial score (nSPS) is 30.7. The van der Waals surface area contributed by atoms with Crippen molar-refractivity contribution in [1.29, 1.82) is 0 Å². The molecule has 14 nitrogen and oxygen atoms in total. The molecule has 216 valence electrons. The lowest BCUT2D eigenvalue weighted by Gasteiger charge is -2.64. The number of esters is 4. The van der Waals surface area contributed by atoms with Gasteiger partial charge in [-0.25, -0.2) is 0 Å². The standard InChI is InChI=1S/C26H32N4O10/c1-5-39-13(31)9-27-23(33)21-19-15-11-7-8-12(18(26(36)38-4)17(11)25(35)37-3)16(15)20(19)22(30-29-21)24(34)28-10-14(32)40-6-2/h7-8,11-12,15-20H,5-6,9-10H2,1-4H3,(H,27,33)(H,28,34). The van der Waals surface area contributed by atoms with Crippen LogP contribution in [-0.4, -0.2) is 87.6 Å².